The number of anilines is 3. The molecule has 0 aromatic heterocycles. The summed E-state index contributed by atoms with van der Waals surface area (Å²) in [4.78, 5) is 2.47. The highest BCUT2D eigenvalue weighted by Crippen LogP contribution is 2.61. The first-order valence-electron chi connectivity index (χ1n) is 16.2. The molecule has 1 heteroatoms. The van der Waals surface area contributed by atoms with Crippen molar-refractivity contribution in [3.63, 3.8) is 0 Å². The second-order valence-electron chi connectivity index (χ2n) is 12.4. The van der Waals surface area contributed by atoms with E-state index in [1.807, 2.05) is 0 Å². The second-order valence-corrected chi connectivity index (χ2v) is 12.4. The lowest BCUT2D eigenvalue weighted by atomic mass is 9.58. The fraction of sp³-hybridized carbons (Fsp3) is 0.0667. The smallest absolute Gasteiger partial charge is 0.0506 e. The Hall–Kier alpha value is -5.66. The molecule has 0 atom stereocenters. The van der Waals surface area contributed by atoms with E-state index in [0.29, 0.717) is 0 Å². The first kappa shape index (κ1) is 26.7. The topological polar surface area (TPSA) is 3.24 Å². The van der Waals surface area contributed by atoms with Crippen LogP contribution in [0.3, 0.4) is 0 Å². The molecule has 3 aliphatic carbocycles. The fourth-order valence-electron chi connectivity index (χ4n) is 8.17. The van der Waals surface area contributed by atoms with Crippen molar-refractivity contribution < 1.29 is 0 Å². The maximum Gasteiger partial charge on any atom is 0.0506 e. The van der Waals surface area contributed by atoms with Crippen molar-refractivity contribution in [2.45, 2.75) is 17.8 Å². The second kappa shape index (κ2) is 11.1. The van der Waals surface area contributed by atoms with Crippen molar-refractivity contribution in [3.05, 3.63) is 232 Å². The average Bonchev–Trinajstić information content (AvgIpc) is 3.14. The van der Waals surface area contributed by atoms with Gasteiger partial charge in [0.15, 0.2) is 0 Å². The van der Waals surface area contributed by atoms with Crippen molar-refractivity contribution in [3.8, 4) is 0 Å². The molecule has 218 valence electrons. The molecule has 0 radical (unpaired) electrons. The lowest BCUT2D eigenvalue weighted by Crippen LogP contribution is -2.31. The van der Waals surface area contributed by atoms with Gasteiger partial charge in [-0.25, -0.2) is 0 Å². The van der Waals surface area contributed by atoms with Gasteiger partial charge in [0.2, 0.25) is 0 Å². The Balaban J connectivity index is 1.40. The summed E-state index contributed by atoms with van der Waals surface area (Å²) < 4.78 is 0. The lowest BCUT2D eigenvalue weighted by Gasteiger charge is -2.46. The summed E-state index contributed by atoms with van der Waals surface area (Å²) in [5.41, 5.74) is 16.2. The molecule has 0 saturated carbocycles. The average molecular weight is 588 g/mol. The van der Waals surface area contributed by atoms with Crippen molar-refractivity contribution in [2.75, 3.05) is 4.90 Å². The molecule has 0 unspecified atom stereocenters. The van der Waals surface area contributed by atoms with E-state index in [1.54, 1.807) is 0 Å². The van der Waals surface area contributed by atoms with E-state index in [9.17, 15) is 0 Å². The zero-order chi connectivity index (χ0) is 30.5. The van der Waals surface area contributed by atoms with Gasteiger partial charge in [0.05, 0.1) is 5.69 Å². The van der Waals surface area contributed by atoms with E-state index in [0.717, 1.165) is 11.4 Å². The molecule has 0 amide bonds. The number of hydrogen-bond donors (Lipinski definition) is 0. The van der Waals surface area contributed by atoms with Crippen LogP contribution < -0.4 is 4.90 Å². The molecule has 1 nitrogen and oxygen atoms in total. The molecule has 10 rings (SSSR count). The highest BCUT2D eigenvalue weighted by Gasteiger charge is 2.45. The molecule has 7 aromatic rings. The van der Waals surface area contributed by atoms with Crippen LogP contribution in [0.4, 0.5) is 17.1 Å². The molecular weight excluding hydrogens is 555 g/mol. The van der Waals surface area contributed by atoms with Gasteiger partial charge in [-0.3, -0.25) is 0 Å². The number of hydrogen-bond acceptors (Lipinski definition) is 1. The fourth-order valence-corrected chi connectivity index (χ4v) is 8.17. The van der Waals surface area contributed by atoms with Crippen molar-refractivity contribution in [2.24, 2.45) is 0 Å². The third-order valence-electron chi connectivity index (χ3n) is 9.96. The van der Waals surface area contributed by atoms with E-state index >= 15 is 0 Å². The van der Waals surface area contributed by atoms with Crippen LogP contribution in [0, 0.1) is 0 Å². The molecule has 0 saturated heterocycles. The van der Waals surface area contributed by atoms with Crippen LogP contribution in [-0.4, -0.2) is 0 Å². The quantitative estimate of drug-likeness (QED) is 0.175. The van der Waals surface area contributed by atoms with Crippen LogP contribution in [0.15, 0.2) is 182 Å². The summed E-state index contributed by atoms with van der Waals surface area (Å²) in [6.07, 6.45) is 0. The predicted molar refractivity (Wildman–Crippen MR) is 190 cm³/mol. The summed E-state index contributed by atoms with van der Waals surface area (Å²) in [5.74, 6) is 0.376. The number of nitrogens with zero attached hydrogens (tertiary/aromatic N) is 1. The first-order valence-corrected chi connectivity index (χ1v) is 16.2. The van der Waals surface area contributed by atoms with Crippen molar-refractivity contribution >= 4 is 17.1 Å². The van der Waals surface area contributed by atoms with Gasteiger partial charge in [0.1, 0.15) is 0 Å². The van der Waals surface area contributed by atoms with Gasteiger partial charge >= 0.3 is 0 Å². The molecule has 0 N–H and O–H groups in total. The minimum absolute atomic E-state index is 0.103. The minimum atomic E-state index is 0.103. The maximum absolute atomic E-state index is 2.47. The van der Waals surface area contributed by atoms with Gasteiger partial charge in [0, 0.05) is 29.1 Å². The van der Waals surface area contributed by atoms with Gasteiger partial charge in [-0.1, -0.05) is 152 Å². The van der Waals surface area contributed by atoms with E-state index in [4.69, 9.17) is 0 Å². The van der Waals surface area contributed by atoms with E-state index in [-0.39, 0.29) is 17.8 Å². The lowest BCUT2D eigenvalue weighted by molar-refractivity contribution is 0.737. The molecule has 0 spiro atoms. The Morgan fingerprint density at radius 2 is 0.717 bits per heavy atom. The summed E-state index contributed by atoms with van der Waals surface area (Å²) in [6.45, 7) is 0. The number of para-hydroxylation sites is 2. The Morgan fingerprint density at radius 1 is 0.348 bits per heavy atom. The molecule has 0 heterocycles. The van der Waals surface area contributed by atoms with Crippen LogP contribution in [-0.2, 0) is 0 Å². The summed E-state index contributed by atoms with van der Waals surface area (Å²) >= 11 is 0. The van der Waals surface area contributed by atoms with Crippen LogP contribution >= 0.6 is 0 Å². The van der Waals surface area contributed by atoms with E-state index in [1.165, 1.54) is 55.8 Å². The standard InChI is InChI=1S/C45H33N/c1-5-17-31(18-6-1)41(32-19-7-2-8-20-32)39-29-30-40(46(33-21-9-3-10-22-33)34-23-11-4-12-24-34)45-43-37-27-15-13-25-35(37)42(44(39)45)36-26-14-16-28-38(36)43/h1-30,41-43H. The molecule has 3 aliphatic rings. The largest absolute Gasteiger partial charge is 0.310 e. The summed E-state index contributed by atoms with van der Waals surface area (Å²) in [7, 11) is 0. The van der Waals surface area contributed by atoms with Gasteiger partial charge in [-0.05, 0) is 80.4 Å². The maximum atomic E-state index is 2.47. The van der Waals surface area contributed by atoms with Crippen LogP contribution in [0.5, 0.6) is 0 Å². The normalized spacial score (nSPS) is 15.6. The van der Waals surface area contributed by atoms with E-state index < -0.39 is 0 Å². The zero-order valence-corrected chi connectivity index (χ0v) is 25.5. The van der Waals surface area contributed by atoms with Gasteiger partial charge < -0.3 is 4.90 Å². The highest BCUT2D eigenvalue weighted by molar-refractivity contribution is 5.84. The minimum Gasteiger partial charge on any atom is -0.310 e. The Morgan fingerprint density at radius 3 is 1.15 bits per heavy atom. The Kier molecular flexibility index (Phi) is 6.42. The van der Waals surface area contributed by atoms with Crippen LogP contribution in [0.2, 0.25) is 0 Å². The van der Waals surface area contributed by atoms with Crippen LogP contribution in [0.25, 0.3) is 0 Å². The summed E-state index contributed by atoms with van der Waals surface area (Å²) in [5, 5.41) is 0. The van der Waals surface area contributed by atoms with Crippen LogP contribution in [0.1, 0.15) is 67.8 Å². The predicted octanol–water partition coefficient (Wildman–Crippen LogP) is 11.3. The molecule has 0 fully saturated rings. The molecule has 7 aromatic carbocycles. The highest BCUT2D eigenvalue weighted by atomic mass is 15.1. The monoisotopic (exact) mass is 587 g/mol. The Labute approximate surface area is 271 Å². The third-order valence-corrected chi connectivity index (χ3v) is 9.96. The number of benzene rings is 7. The summed E-state index contributed by atoms with van der Waals surface area (Å²) in [6, 6.07) is 67.0. The SMILES string of the molecule is c1ccc(C(c2ccccc2)c2ccc(N(c3ccccc3)c3ccccc3)c3c2C2c4ccccc4C3c3ccccc32)cc1. The first-order chi connectivity index (χ1) is 22.9. The van der Waals surface area contributed by atoms with Gasteiger partial charge in [-0.2, -0.15) is 0 Å². The van der Waals surface area contributed by atoms with Crippen molar-refractivity contribution in [1.29, 1.82) is 0 Å². The molecule has 46 heavy (non-hydrogen) atoms. The van der Waals surface area contributed by atoms with Gasteiger partial charge in [0.25, 0.3) is 0 Å². The van der Waals surface area contributed by atoms with Gasteiger partial charge in [-0.15, -0.1) is 0 Å². The zero-order valence-electron chi connectivity index (χ0n) is 25.5. The van der Waals surface area contributed by atoms with E-state index in [2.05, 4.69) is 187 Å². The number of rotatable bonds is 6. The Bertz CT molecular complexity index is 1870. The van der Waals surface area contributed by atoms with Crippen molar-refractivity contribution in [1.82, 2.24) is 0 Å². The molecular formula is C45H33N. The molecule has 0 aliphatic heterocycles. The third kappa shape index (κ3) is 4.16. The molecule has 2 bridgehead atoms.